The molecule has 208 valence electrons. The number of anilines is 1. The molecule has 2 heterocycles. The maximum absolute atomic E-state index is 13.2. The number of carbonyl (C=O) groups excluding carboxylic acids is 4. The highest BCUT2D eigenvalue weighted by Crippen LogP contribution is 2.30. The minimum Gasteiger partial charge on any atom is -0.459 e. The van der Waals surface area contributed by atoms with Gasteiger partial charge in [0.2, 0.25) is 5.91 Å². The molecule has 0 aliphatic carbocycles. The van der Waals surface area contributed by atoms with Gasteiger partial charge in [-0.05, 0) is 50.8 Å². The Balaban J connectivity index is 1.37. The maximum atomic E-state index is 13.2. The third-order valence-corrected chi connectivity index (χ3v) is 6.66. The van der Waals surface area contributed by atoms with E-state index in [0.717, 1.165) is 16.8 Å². The molecule has 0 spiro atoms. The van der Waals surface area contributed by atoms with Crippen molar-refractivity contribution in [3.63, 3.8) is 0 Å². The van der Waals surface area contributed by atoms with Crippen molar-refractivity contribution in [2.24, 2.45) is 0 Å². The van der Waals surface area contributed by atoms with Crippen molar-refractivity contribution in [1.82, 2.24) is 15.5 Å². The number of likely N-dealkylation sites (tertiary alicyclic amines) is 1. The zero-order valence-corrected chi connectivity index (χ0v) is 22.6. The number of benzene rings is 2. The number of esters is 1. The zero-order chi connectivity index (χ0) is 28.0. The number of rotatable bonds is 7. The predicted molar refractivity (Wildman–Crippen MR) is 145 cm³/mol. The van der Waals surface area contributed by atoms with E-state index in [1.165, 1.54) is 0 Å². The van der Waals surface area contributed by atoms with Gasteiger partial charge >= 0.3 is 18.1 Å². The molecule has 1 fully saturated rings. The van der Waals surface area contributed by atoms with Gasteiger partial charge in [0.15, 0.2) is 0 Å². The fraction of sp³-hybridized carbons (Fsp3) is 0.448. The second-order valence-electron chi connectivity index (χ2n) is 10.8. The van der Waals surface area contributed by atoms with Gasteiger partial charge in [-0.15, -0.1) is 0 Å². The molecule has 0 saturated carbocycles. The number of piperidine rings is 1. The first-order chi connectivity index (χ1) is 18.6. The summed E-state index contributed by atoms with van der Waals surface area (Å²) in [4.78, 5) is 54.8. The molecular weight excluding hydrogens is 500 g/mol. The van der Waals surface area contributed by atoms with Gasteiger partial charge in [0.1, 0.15) is 18.2 Å². The molecular formula is C29H36N4O6. The summed E-state index contributed by atoms with van der Waals surface area (Å²) >= 11 is 0. The largest absolute Gasteiger partial charge is 0.459 e. The molecule has 4 rings (SSSR count). The van der Waals surface area contributed by atoms with E-state index in [2.05, 4.69) is 10.6 Å². The SMILES string of the molecule is CC(C)(C)OC(=O)NC(CC(=O)N1CCC(N2C(=O)NCc3ccccc32)CC1)C(=O)OCc1ccccc1. The van der Waals surface area contributed by atoms with Crippen LogP contribution in [-0.4, -0.2) is 59.7 Å². The Kier molecular flexibility index (Phi) is 8.73. The molecule has 0 radical (unpaired) electrons. The molecule has 2 N–H and O–H groups in total. The Morgan fingerprint density at radius 3 is 2.38 bits per heavy atom. The van der Waals surface area contributed by atoms with E-state index in [1.807, 2.05) is 54.6 Å². The van der Waals surface area contributed by atoms with Crippen molar-refractivity contribution < 1.29 is 28.7 Å². The van der Waals surface area contributed by atoms with Crippen molar-refractivity contribution in [2.45, 2.75) is 70.9 Å². The predicted octanol–water partition coefficient (Wildman–Crippen LogP) is 3.73. The fourth-order valence-corrected chi connectivity index (χ4v) is 4.77. The second kappa shape index (κ2) is 12.2. The summed E-state index contributed by atoms with van der Waals surface area (Å²) in [5, 5.41) is 5.43. The van der Waals surface area contributed by atoms with Crippen molar-refractivity contribution in [3.8, 4) is 0 Å². The molecule has 0 bridgehead atoms. The third kappa shape index (κ3) is 7.49. The molecule has 1 saturated heterocycles. The van der Waals surface area contributed by atoms with Crippen LogP contribution in [0.3, 0.4) is 0 Å². The van der Waals surface area contributed by atoms with E-state index in [-0.39, 0.29) is 31.0 Å². The molecule has 2 aliphatic heterocycles. The molecule has 10 nitrogen and oxygen atoms in total. The van der Waals surface area contributed by atoms with Crippen molar-refractivity contribution in [1.29, 1.82) is 0 Å². The summed E-state index contributed by atoms with van der Waals surface area (Å²) in [6.07, 6.45) is 0.127. The number of carbonyl (C=O) groups is 4. The van der Waals surface area contributed by atoms with Crippen molar-refractivity contribution in [2.75, 3.05) is 18.0 Å². The standard InChI is InChI=1S/C29H36N4O6/c1-29(2,3)39-28(37)31-23(26(35)38-19-20-9-5-4-6-10-20)17-25(34)32-15-13-22(14-16-32)33-24-12-8-7-11-21(24)18-30-27(33)36/h4-12,22-23H,13-19H2,1-3H3,(H,30,36)(H,31,37). The number of amides is 4. The van der Waals surface area contributed by atoms with Gasteiger partial charge in [-0.1, -0.05) is 48.5 Å². The molecule has 2 aromatic rings. The molecule has 39 heavy (non-hydrogen) atoms. The molecule has 2 aromatic carbocycles. The van der Waals surface area contributed by atoms with E-state index in [1.54, 1.807) is 30.6 Å². The monoisotopic (exact) mass is 536 g/mol. The summed E-state index contributed by atoms with van der Waals surface area (Å²) in [7, 11) is 0. The average Bonchev–Trinajstić information content (AvgIpc) is 2.91. The summed E-state index contributed by atoms with van der Waals surface area (Å²) in [6.45, 7) is 6.50. The number of hydrogen-bond acceptors (Lipinski definition) is 6. The lowest BCUT2D eigenvalue weighted by atomic mass is 9.99. The van der Waals surface area contributed by atoms with Crippen LogP contribution in [0.4, 0.5) is 15.3 Å². The van der Waals surface area contributed by atoms with E-state index < -0.39 is 23.7 Å². The van der Waals surface area contributed by atoms with Crippen LogP contribution in [0.25, 0.3) is 0 Å². The molecule has 0 aromatic heterocycles. The number of alkyl carbamates (subject to hydrolysis) is 1. The van der Waals surface area contributed by atoms with Crippen LogP contribution in [0.1, 0.15) is 51.2 Å². The normalized spacial score (nSPS) is 16.5. The van der Waals surface area contributed by atoms with Crippen LogP contribution < -0.4 is 15.5 Å². The molecule has 4 amide bonds. The molecule has 10 heteroatoms. The van der Waals surface area contributed by atoms with Gasteiger partial charge in [0.05, 0.1) is 12.1 Å². The quantitative estimate of drug-likeness (QED) is 0.521. The smallest absolute Gasteiger partial charge is 0.408 e. The molecule has 1 unspecified atom stereocenters. The van der Waals surface area contributed by atoms with Gasteiger partial charge in [0.25, 0.3) is 0 Å². The van der Waals surface area contributed by atoms with E-state index in [4.69, 9.17) is 9.47 Å². The molecule has 2 aliphatic rings. The van der Waals surface area contributed by atoms with E-state index in [0.29, 0.717) is 32.5 Å². The summed E-state index contributed by atoms with van der Waals surface area (Å²) in [5.74, 6) is -0.996. The van der Waals surface area contributed by atoms with Crippen molar-refractivity contribution >= 4 is 29.7 Å². The highest BCUT2D eigenvalue weighted by molar-refractivity contribution is 5.95. The lowest BCUT2D eigenvalue weighted by Crippen LogP contribution is -2.54. The van der Waals surface area contributed by atoms with E-state index in [9.17, 15) is 19.2 Å². The number of hydrogen-bond donors (Lipinski definition) is 2. The fourth-order valence-electron chi connectivity index (χ4n) is 4.77. The lowest BCUT2D eigenvalue weighted by molar-refractivity contribution is -0.150. The van der Waals surface area contributed by atoms with Crippen LogP contribution in [0.5, 0.6) is 0 Å². The highest BCUT2D eigenvalue weighted by Gasteiger charge is 2.35. The minimum atomic E-state index is -1.20. The zero-order valence-electron chi connectivity index (χ0n) is 22.6. The third-order valence-electron chi connectivity index (χ3n) is 6.66. The number of ether oxygens (including phenoxy) is 2. The lowest BCUT2D eigenvalue weighted by Gasteiger charge is -2.41. The first-order valence-corrected chi connectivity index (χ1v) is 13.2. The Morgan fingerprint density at radius 1 is 1.03 bits per heavy atom. The Hall–Kier alpha value is -4.08. The van der Waals surface area contributed by atoms with Crippen LogP contribution in [0.15, 0.2) is 54.6 Å². The summed E-state index contributed by atoms with van der Waals surface area (Å²) in [6, 6.07) is 15.6. The first kappa shape index (κ1) is 27.9. The van der Waals surface area contributed by atoms with Crippen LogP contribution in [0, 0.1) is 0 Å². The molecule has 1 atom stereocenters. The second-order valence-corrected chi connectivity index (χ2v) is 10.8. The van der Waals surface area contributed by atoms with Crippen molar-refractivity contribution in [3.05, 3.63) is 65.7 Å². The van der Waals surface area contributed by atoms with Gasteiger partial charge in [-0.2, -0.15) is 0 Å². The van der Waals surface area contributed by atoms with Gasteiger partial charge in [0, 0.05) is 25.7 Å². The Bertz CT molecular complexity index is 1190. The number of nitrogens with one attached hydrogen (secondary N) is 2. The topological polar surface area (TPSA) is 117 Å². The first-order valence-electron chi connectivity index (χ1n) is 13.2. The number of nitrogens with zero attached hydrogens (tertiary/aromatic N) is 2. The Labute approximate surface area is 228 Å². The van der Waals surface area contributed by atoms with Crippen LogP contribution in [-0.2, 0) is 32.2 Å². The number of fused-ring (bicyclic) bond motifs is 1. The average molecular weight is 537 g/mol. The summed E-state index contributed by atoms with van der Waals surface area (Å²) < 4.78 is 10.7. The van der Waals surface area contributed by atoms with Crippen LogP contribution >= 0.6 is 0 Å². The minimum absolute atomic E-state index is 0.0190. The number of urea groups is 1. The van der Waals surface area contributed by atoms with Gasteiger partial charge in [-0.3, -0.25) is 9.69 Å². The summed E-state index contributed by atoms with van der Waals surface area (Å²) in [5.41, 5.74) is 1.97. The van der Waals surface area contributed by atoms with Gasteiger partial charge in [-0.25, -0.2) is 14.4 Å². The highest BCUT2D eigenvalue weighted by atomic mass is 16.6. The Morgan fingerprint density at radius 2 is 1.69 bits per heavy atom. The number of para-hydroxylation sites is 1. The van der Waals surface area contributed by atoms with Gasteiger partial charge < -0.3 is 25.0 Å². The maximum Gasteiger partial charge on any atom is 0.408 e. The van der Waals surface area contributed by atoms with E-state index >= 15 is 0 Å². The van der Waals surface area contributed by atoms with Crippen LogP contribution in [0.2, 0.25) is 0 Å².